The first-order valence-corrected chi connectivity index (χ1v) is 6.91. The lowest BCUT2D eigenvalue weighted by Crippen LogP contribution is -2.19. The van der Waals surface area contributed by atoms with E-state index in [0.29, 0.717) is 0 Å². The minimum Gasteiger partial charge on any atom is -0.299 e. The van der Waals surface area contributed by atoms with Gasteiger partial charge >= 0.3 is 0 Å². The molecule has 0 spiro atoms. The van der Waals surface area contributed by atoms with E-state index >= 15 is 0 Å². The van der Waals surface area contributed by atoms with Crippen LogP contribution in [0.25, 0.3) is 0 Å². The van der Waals surface area contributed by atoms with Gasteiger partial charge in [0.25, 0.3) is 0 Å². The van der Waals surface area contributed by atoms with E-state index < -0.39 is 0 Å². The summed E-state index contributed by atoms with van der Waals surface area (Å²) in [5, 5.41) is 2.16. The van der Waals surface area contributed by atoms with Gasteiger partial charge in [0, 0.05) is 13.1 Å². The molecular formula is C11H16BrNS. The zero-order chi connectivity index (χ0) is 9.97. The van der Waals surface area contributed by atoms with Gasteiger partial charge in [-0.1, -0.05) is 13.3 Å². The number of rotatable bonds is 3. The number of halogens is 1. The Labute approximate surface area is 98.2 Å². The standard InChI is InChI=1S/C11H16BrNS/c1-2-9-3-5-13(7-9)8-10-4-6-14-11(10)12/h4,6,9H,2-3,5,7-8H2,1H3. The second-order valence-corrected chi connectivity index (χ2v) is 6.25. The van der Waals surface area contributed by atoms with Gasteiger partial charge in [0.15, 0.2) is 0 Å². The molecule has 0 bridgehead atoms. The van der Waals surface area contributed by atoms with E-state index in [1.165, 1.54) is 35.3 Å². The molecule has 0 aromatic carbocycles. The van der Waals surface area contributed by atoms with Crippen LogP contribution in [0.4, 0.5) is 0 Å². The van der Waals surface area contributed by atoms with Gasteiger partial charge in [-0.25, -0.2) is 0 Å². The van der Waals surface area contributed by atoms with E-state index in [2.05, 4.69) is 39.2 Å². The highest BCUT2D eigenvalue weighted by atomic mass is 79.9. The van der Waals surface area contributed by atoms with Crippen molar-refractivity contribution in [1.82, 2.24) is 4.90 Å². The highest BCUT2D eigenvalue weighted by Crippen LogP contribution is 2.27. The maximum absolute atomic E-state index is 3.60. The van der Waals surface area contributed by atoms with Gasteiger partial charge in [-0.2, -0.15) is 0 Å². The molecule has 78 valence electrons. The van der Waals surface area contributed by atoms with Crippen LogP contribution in [0.5, 0.6) is 0 Å². The maximum Gasteiger partial charge on any atom is 0.0743 e. The molecule has 2 rings (SSSR count). The van der Waals surface area contributed by atoms with Gasteiger partial charge in [0.2, 0.25) is 0 Å². The van der Waals surface area contributed by atoms with Crippen molar-refractivity contribution in [1.29, 1.82) is 0 Å². The van der Waals surface area contributed by atoms with Gasteiger partial charge in [-0.15, -0.1) is 11.3 Å². The van der Waals surface area contributed by atoms with E-state index in [1.54, 1.807) is 11.3 Å². The fourth-order valence-corrected chi connectivity index (χ4v) is 3.28. The van der Waals surface area contributed by atoms with Crippen molar-refractivity contribution in [3.05, 3.63) is 20.8 Å². The summed E-state index contributed by atoms with van der Waals surface area (Å²) in [7, 11) is 0. The smallest absolute Gasteiger partial charge is 0.0743 e. The lowest BCUT2D eigenvalue weighted by molar-refractivity contribution is 0.315. The fourth-order valence-electron chi connectivity index (χ4n) is 2.06. The van der Waals surface area contributed by atoms with Gasteiger partial charge < -0.3 is 0 Å². The third kappa shape index (κ3) is 2.38. The van der Waals surface area contributed by atoms with Crippen molar-refractivity contribution in [3.8, 4) is 0 Å². The summed E-state index contributed by atoms with van der Waals surface area (Å²) < 4.78 is 1.30. The van der Waals surface area contributed by atoms with E-state index in [1.807, 2.05) is 0 Å². The quantitative estimate of drug-likeness (QED) is 0.811. The van der Waals surface area contributed by atoms with Crippen LogP contribution >= 0.6 is 27.3 Å². The summed E-state index contributed by atoms with van der Waals surface area (Å²) >= 11 is 5.38. The summed E-state index contributed by atoms with van der Waals surface area (Å²) in [5.74, 6) is 0.937. The normalized spacial score (nSPS) is 23.1. The van der Waals surface area contributed by atoms with E-state index in [4.69, 9.17) is 0 Å². The summed E-state index contributed by atoms with van der Waals surface area (Å²) in [6.45, 7) is 5.99. The largest absolute Gasteiger partial charge is 0.299 e. The molecule has 1 nitrogen and oxygen atoms in total. The number of likely N-dealkylation sites (tertiary alicyclic amines) is 1. The van der Waals surface area contributed by atoms with Crippen LogP contribution in [0.15, 0.2) is 15.2 Å². The van der Waals surface area contributed by atoms with Crippen LogP contribution in [0.1, 0.15) is 25.3 Å². The monoisotopic (exact) mass is 273 g/mol. The lowest BCUT2D eigenvalue weighted by Gasteiger charge is -2.14. The number of hydrogen-bond donors (Lipinski definition) is 0. The predicted octanol–water partition coefficient (Wildman–Crippen LogP) is 3.74. The molecule has 0 N–H and O–H groups in total. The van der Waals surface area contributed by atoms with Crippen LogP contribution in [0.2, 0.25) is 0 Å². The summed E-state index contributed by atoms with van der Waals surface area (Å²) in [6, 6.07) is 2.23. The molecule has 1 aromatic rings. The van der Waals surface area contributed by atoms with Crippen LogP contribution in [0.3, 0.4) is 0 Å². The molecule has 1 unspecified atom stereocenters. The Morgan fingerprint density at radius 3 is 3.07 bits per heavy atom. The van der Waals surface area contributed by atoms with Crippen molar-refractivity contribution in [3.63, 3.8) is 0 Å². The Morgan fingerprint density at radius 2 is 2.50 bits per heavy atom. The van der Waals surface area contributed by atoms with Crippen LogP contribution < -0.4 is 0 Å². The zero-order valence-corrected chi connectivity index (χ0v) is 10.9. The van der Waals surface area contributed by atoms with E-state index in [9.17, 15) is 0 Å². The number of thiophene rings is 1. The SMILES string of the molecule is CCC1CCN(Cc2ccsc2Br)C1. The third-order valence-electron chi connectivity index (χ3n) is 3.03. The van der Waals surface area contributed by atoms with E-state index in [-0.39, 0.29) is 0 Å². The molecule has 0 saturated carbocycles. The van der Waals surface area contributed by atoms with Crippen LogP contribution in [-0.2, 0) is 6.54 Å². The second-order valence-electron chi connectivity index (χ2n) is 4.02. The molecule has 14 heavy (non-hydrogen) atoms. The first kappa shape index (κ1) is 10.7. The molecule has 1 fully saturated rings. The minimum atomic E-state index is 0.937. The summed E-state index contributed by atoms with van der Waals surface area (Å²) in [4.78, 5) is 2.57. The Morgan fingerprint density at radius 1 is 1.64 bits per heavy atom. The predicted molar refractivity (Wildman–Crippen MR) is 65.7 cm³/mol. The summed E-state index contributed by atoms with van der Waals surface area (Å²) in [6.07, 6.45) is 2.72. The van der Waals surface area contributed by atoms with Crippen molar-refractivity contribution in [2.24, 2.45) is 5.92 Å². The zero-order valence-electron chi connectivity index (χ0n) is 8.50. The van der Waals surface area contributed by atoms with Crippen molar-refractivity contribution in [2.75, 3.05) is 13.1 Å². The van der Waals surface area contributed by atoms with Gasteiger partial charge in [-0.05, 0) is 51.8 Å². The van der Waals surface area contributed by atoms with Crippen LogP contribution in [0, 0.1) is 5.92 Å². The Bertz CT molecular complexity index is 297. The first-order valence-electron chi connectivity index (χ1n) is 5.23. The molecule has 1 aliphatic rings. The molecule has 0 amide bonds. The van der Waals surface area contributed by atoms with Crippen molar-refractivity contribution in [2.45, 2.75) is 26.3 Å². The number of hydrogen-bond acceptors (Lipinski definition) is 2. The molecule has 2 heterocycles. The molecule has 0 radical (unpaired) electrons. The average Bonchev–Trinajstić information content (AvgIpc) is 2.77. The van der Waals surface area contributed by atoms with Gasteiger partial charge in [-0.3, -0.25) is 4.90 Å². The van der Waals surface area contributed by atoms with Crippen LogP contribution in [-0.4, -0.2) is 18.0 Å². The highest BCUT2D eigenvalue weighted by molar-refractivity contribution is 9.11. The molecule has 1 atom stereocenters. The molecule has 1 aliphatic heterocycles. The minimum absolute atomic E-state index is 0.937. The number of nitrogens with zero attached hydrogens (tertiary/aromatic N) is 1. The fraction of sp³-hybridized carbons (Fsp3) is 0.636. The topological polar surface area (TPSA) is 3.24 Å². The molecule has 3 heteroatoms. The van der Waals surface area contributed by atoms with Crippen molar-refractivity contribution >= 4 is 27.3 Å². The van der Waals surface area contributed by atoms with E-state index in [0.717, 1.165) is 12.5 Å². The highest BCUT2D eigenvalue weighted by Gasteiger charge is 2.21. The third-order valence-corrected chi connectivity index (χ3v) is 4.85. The molecular weight excluding hydrogens is 258 g/mol. The molecule has 0 aliphatic carbocycles. The lowest BCUT2D eigenvalue weighted by atomic mass is 10.1. The Balaban J connectivity index is 1.90. The molecule has 1 saturated heterocycles. The summed E-state index contributed by atoms with van der Waals surface area (Å²) in [5.41, 5.74) is 1.45. The van der Waals surface area contributed by atoms with Gasteiger partial charge in [0.05, 0.1) is 3.79 Å². The molecule has 1 aromatic heterocycles. The average molecular weight is 274 g/mol. The Hall–Kier alpha value is 0.140. The Kier molecular flexibility index (Phi) is 3.63. The second kappa shape index (κ2) is 4.77. The van der Waals surface area contributed by atoms with Gasteiger partial charge in [0.1, 0.15) is 0 Å². The first-order chi connectivity index (χ1) is 6.79. The van der Waals surface area contributed by atoms with Crippen molar-refractivity contribution < 1.29 is 0 Å². The maximum atomic E-state index is 3.60.